The molecule has 1 aliphatic carbocycles. The van der Waals surface area contributed by atoms with E-state index in [0.29, 0.717) is 0 Å². The van der Waals surface area contributed by atoms with Crippen LogP contribution < -0.4 is 0 Å². The Bertz CT molecular complexity index is 283. The third kappa shape index (κ3) is 1.10. The molecule has 1 atom stereocenters. The van der Waals surface area contributed by atoms with Crippen molar-refractivity contribution in [3.05, 3.63) is 33.8 Å². The third-order valence-electron chi connectivity index (χ3n) is 2.16. The highest BCUT2D eigenvalue weighted by Gasteiger charge is 2.21. The summed E-state index contributed by atoms with van der Waals surface area (Å²) in [6, 6.07) is 6.07. The minimum absolute atomic E-state index is 0.249. The van der Waals surface area contributed by atoms with E-state index in [-0.39, 0.29) is 6.10 Å². The molecule has 0 radical (unpaired) electrons. The van der Waals surface area contributed by atoms with Gasteiger partial charge in [0.15, 0.2) is 0 Å². The fourth-order valence-electron chi connectivity index (χ4n) is 1.61. The van der Waals surface area contributed by atoms with Crippen LogP contribution in [-0.2, 0) is 6.42 Å². The topological polar surface area (TPSA) is 20.2 Å². The number of aliphatic hydroxyl groups is 1. The first-order chi connectivity index (χ1) is 5.29. The fraction of sp³-hybridized carbons (Fsp3) is 0.333. The summed E-state index contributed by atoms with van der Waals surface area (Å²) in [7, 11) is 0. The normalized spacial score (nSPS) is 21.8. The lowest BCUT2D eigenvalue weighted by Gasteiger charge is -2.05. The standard InChI is InChI=1S/C9H9BrO/c10-7-3-1-2-6-4-5-8(11)9(6)7/h1-3,8,11H,4-5H2/t8-/m0/s1. The molecular weight excluding hydrogens is 204 g/mol. The van der Waals surface area contributed by atoms with E-state index in [1.807, 2.05) is 12.1 Å². The van der Waals surface area contributed by atoms with E-state index in [1.165, 1.54) is 5.56 Å². The van der Waals surface area contributed by atoms with Crippen LogP contribution in [0.15, 0.2) is 22.7 Å². The van der Waals surface area contributed by atoms with Crippen molar-refractivity contribution in [2.75, 3.05) is 0 Å². The molecule has 1 aromatic rings. The molecule has 0 amide bonds. The molecular formula is C9H9BrO. The summed E-state index contributed by atoms with van der Waals surface area (Å²) in [4.78, 5) is 0. The van der Waals surface area contributed by atoms with Crippen molar-refractivity contribution in [3.63, 3.8) is 0 Å². The third-order valence-corrected chi connectivity index (χ3v) is 2.86. The molecule has 0 saturated heterocycles. The maximum absolute atomic E-state index is 9.53. The molecule has 0 unspecified atom stereocenters. The Morgan fingerprint density at radius 3 is 3.00 bits per heavy atom. The number of hydrogen-bond acceptors (Lipinski definition) is 1. The predicted octanol–water partition coefficient (Wildman–Crippen LogP) is 2.43. The lowest BCUT2D eigenvalue weighted by molar-refractivity contribution is 0.179. The second-order valence-electron chi connectivity index (χ2n) is 2.87. The van der Waals surface area contributed by atoms with Crippen molar-refractivity contribution in [1.29, 1.82) is 0 Å². The number of hydrogen-bond donors (Lipinski definition) is 1. The van der Waals surface area contributed by atoms with Gasteiger partial charge in [-0.1, -0.05) is 28.1 Å². The van der Waals surface area contributed by atoms with Crippen LogP contribution >= 0.6 is 15.9 Å². The van der Waals surface area contributed by atoms with E-state index >= 15 is 0 Å². The Kier molecular flexibility index (Phi) is 1.74. The highest BCUT2D eigenvalue weighted by atomic mass is 79.9. The van der Waals surface area contributed by atoms with Gasteiger partial charge < -0.3 is 5.11 Å². The molecule has 1 N–H and O–H groups in total. The Balaban J connectivity index is 2.58. The lowest BCUT2D eigenvalue weighted by atomic mass is 10.1. The quantitative estimate of drug-likeness (QED) is 0.701. The van der Waals surface area contributed by atoms with E-state index < -0.39 is 0 Å². The first kappa shape index (κ1) is 7.32. The number of halogens is 1. The van der Waals surface area contributed by atoms with E-state index in [1.54, 1.807) is 0 Å². The monoisotopic (exact) mass is 212 g/mol. The second-order valence-corrected chi connectivity index (χ2v) is 3.72. The summed E-state index contributed by atoms with van der Waals surface area (Å²) in [5, 5.41) is 9.53. The van der Waals surface area contributed by atoms with Gasteiger partial charge in [-0.25, -0.2) is 0 Å². The minimum atomic E-state index is -0.249. The van der Waals surface area contributed by atoms with Crippen molar-refractivity contribution in [1.82, 2.24) is 0 Å². The second kappa shape index (κ2) is 2.61. The molecule has 58 valence electrons. The Labute approximate surface area is 74.2 Å². The summed E-state index contributed by atoms with van der Waals surface area (Å²) in [5.74, 6) is 0. The highest BCUT2D eigenvalue weighted by Crippen LogP contribution is 2.35. The van der Waals surface area contributed by atoms with Crippen LogP contribution in [0.4, 0.5) is 0 Å². The van der Waals surface area contributed by atoms with Crippen LogP contribution in [0.3, 0.4) is 0 Å². The van der Waals surface area contributed by atoms with E-state index in [4.69, 9.17) is 0 Å². The molecule has 0 spiro atoms. The van der Waals surface area contributed by atoms with Crippen molar-refractivity contribution < 1.29 is 5.11 Å². The molecule has 2 heteroatoms. The van der Waals surface area contributed by atoms with Gasteiger partial charge in [-0.15, -0.1) is 0 Å². The molecule has 0 saturated carbocycles. The summed E-state index contributed by atoms with van der Waals surface area (Å²) in [5.41, 5.74) is 2.37. The van der Waals surface area contributed by atoms with Gasteiger partial charge in [-0.3, -0.25) is 0 Å². The molecule has 1 aromatic carbocycles. The molecule has 11 heavy (non-hydrogen) atoms. The number of aliphatic hydroxyl groups excluding tert-OH is 1. The predicted molar refractivity (Wildman–Crippen MR) is 47.4 cm³/mol. The van der Waals surface area contributed by atoms with E-state index in [0.717, 1.165) is 22.9 Å². The van der Waals surface area contributed by atoms with Gasteiger partial charge in [0.2, 0.25) is 0 Å². The van der Waals surface area contributed by atoms with Crippen LogP contribution in [0.5, 0.6) is 0 Å². The average Bonchev–Trinajstić information content (AvgIpc) is 2.34. The first-order valence-electron chi connectivity index (χ1n) is 3.74. The van der Waals surface area contributed by atoms with Crippen molar-refractivity contribution >= 4 is 15.9 Å². The largest absolute Gasteiger partial charge is 0.388 e. The van der Waals surface area contributed by atoms with Gasteiger partial charge in [0.25, 0.3) is 0 Å². The van der Waals surface area contributed by atoms with E-state index in [9.17, 15) is 5.11 Å². The zero-order valence-corrected chi connectivity index (χ0v) is 7.63. The van der Waals surface area contributed by atoms with Crippen LogP contribution in [-0.4, -0.2) is 5.11 Å². The molecule has 0 fully saturated rings. The van der Waals surface area contributed by atoms with Crippen LogP contribution in [0.25, 0.3) is 0 Å². The Morgan fingerprint density at radius 1 is 1.45 bits per heavy atom. The van der Waals surface area contributed by atoms with Crippen molar-refractivity contribution in [3.8, 4) is 0 Å². The van der Waals surface area contributed by atoms with Gasteiger partial charge in [-0.05, 0) is 30.0 Å². The molecule has 0 bridgehead atoms. The number of rotatable bonds is 0. The molecule has 0 heterocycles. The summed E-state index contributed by atoms with van der Waals surface area (Å²) in [6.45, 7) is 0. The van der Waals surface area contributed by atoms with Gasteiger partial charge in [0.1, 0.15) is 0 Å². The van der Waals surface area contributed by atoms with E-state index in [2.05, 4.69) is 22.0 Å². The van der Waals surface area contributed by atoms with Gasteiger partial charge in [0, 0.05) is 4.47 Å². The SMILES string of the molecule is O[C@H]1CCc2cccc(Br)c21. The van der Waals surface area contributed by atoms with Crippen LogP contribution in [0, 0.1) is 0 Å². The number of aryl methyl sites for hydroxylation is 1. The molecule has 2 rings (SSSR count). The molecule has 1 nitrogen and oxygen atoms in total. The maximum atomic E-state index is 9.53. The Morgan fingerprint density at radius 2 is 2.27 bits per heavy atom. The lowest BCUT2D eigenvalue weighted by Crippen LogP contribution is -1.90. The highest BCUT2D eigenvalue weighted by molar-refractivity contribution is 9.10. The average molecular weight is 213 g/mol. The minimum Gasteiger partial charge on any atom is -0.388 e. The number of benzene rings is 1. The van der Waals surface area contributed by atoms with Crippen molar-refractivity contribution in [2.24, 2.45) is 0 Å². The number of fused-ring (bicyclic) bond motifs is 1. The Hall–Kier alpha value is -0.340. The van der Waals surface area contributed by atoms with Gasteiger partial charge in [-0.2, -0.15) is 0 Å². The maximum Gasteiger partial charge on any atom is 0.0806 e. The van der Waals surface area contributed by atoms with Crippen LogP contribution in [0.2, 0.25) is 0 Å². The summed E-state index contributed by atoms with van der Waals surface area (Å²) >= 11 is 3.43. The van der Waals surface area contributed by atoms with Gasteiger partial charge >= 0.3 is 0 Å². The molecule has 1 aliphatic rings. The first-order valence-corrected chi connectivity index (χ1v) is 4.53. The fourth-order valence-corrected chi connectivity index (χ4v) is 2.28. The molecule has 0 aromatic heterocycles. The zero-order valence-electron chi connectivity index (χ0n) is 6.05. The summed E-state index contributed by atoms with van der Waals surface area (Å²) < 4.78 is 1.04. The van der Waals surface area contributed by atoms with Crippen molar-refractivity contribution in [2.45, 2.75) is 18.9 Å². The van der Waals surface area contributed by atoms with Gasteiger partial charge in [0.05, 0.1) is 6.10 Å². The van der Waals surface area contributed by atoms with Crippen LogP contribution in [0.1, 0.15) is 23.7 Å². The smallest absolute Gasteiger partial charge is 0.0806 e. The summed E-state index contributed by atoms with van der Waals surface area (Å²) in [6.07, 6.45) is 1.63. The zero-order chi connectivity index (χ0) is 7.84. The molecule has 0 aliphatic heterocycles.